The van der Waals surface area contributed by atoms with Crippen molar-refractivity contribution in [3.05, 3.63) is 28.8 Å². The lowest BCUT2D eigenvalue weighted by atomic mass is 9.88. The Morgan fingerprint density at radius 3 is 2.47 bits per heavy atom. The van der Waals surface area contributed by atoms with E-state index in [0.29, 0.717) is 10.7 Å². The molecule has 1 saturated carbocycles. The summed E-state index contributed by atoms with van der Waals surface area (Å²) in [6, 6.07) is 4.34. The molecule has 1 fully saturated rings. The quantitative estimate of drug-likeness (QED) is 0.890. The van der Waals surface area contributed by atoms with Gasteiger partial charge < -0.3 is 10.4 Å². The molecule has 2 rings (SSSR count). The minimum Gasteiger partial charge on any atom is -0.478 e. The minimum atomic E-state index is -1.06. The normalized spacial score (nSPS) is 17.2. The zero-order chi connectivity index (χ0) is 14.0. The topological polar surface area (TPSA) is 66.4 Å². The molecular formula is C14H16ClNO3. The fourth-order valence-corrected chi connectivity index (χ4v) is 2.68. The van der Waals surface area contributed by atoms with E-state index in [1.807, 2.05) is 6.92 Å². The van der Waals surface area contributed by atoms with Crippen LogP contribution < -0.4 is 5.32 Å². The van der Waals surface area contributed by atoms with Crippen LogP contribution in [0.5, 0.6) is 0 Å². The van der Waals surface area contributed by atoms with E-state index in [1.54, 1.807) is 6.07 Å². The molecule has 0 aromatic heterocycles. The lowest BCUT2D eigenvalue weighted by molar-refractivity contribution is -0.124. The Bertz CT molecular complexity index is 521. The first-order valence-corrected chi connectivity index (χ1v) is 6.64. The van der Waals surface area contributed by atoms with Crippen molar-refractivity contribution in [2.45, 2.75) is 32.6 Å². The monoisotopic (exact) mass is 281 g/mol. The third-order valence-corrected chi connectivity index (χ3v) is 3.88. The van der Waals surface area contributed by atoms with Crippen molar-refractivity contribution >= 4 is 29.2 Å². The predicted octanol–water partition coefficient (Wildman–Crippen LogP) is 3.56. The maximum atomic E-state index is 12.2. The summed E-state index contributed by atoms with van der Waals surface area (Å²) in [7, 11) is 0. The number of anilines is 1. The fraction of sp³-hybridized carbons (Fsp3) is 0.429. The maximum absolute atomic E-state index is 12.2. The van der Waals surface area contributed by atoms with Crippen LogP contribution >= 0.6 is 11.6 Å². The number of amides is 1. The maximum Gasteiger partial charge on any atom is 0.335 e. The van der Waals surface area contributed by atoms with Gasteiger partial charge >= 0.3 is 5.97 Å². The molecule has 0 bridgehead atoms. The summed E-state index contributed by atoms with van der Waals surface area (Å²) >= 11 is 5.86. The smallest absolute Gasteiger partial charge is 0.335 e. The molecule has 102 valence electrons. The van der Waals surface area contributed by atoms with Crippen LogP contribution in [0.25, 0.3) is 0 Å². The van der Waals surface area contributed by atoms with Crippen molar-refractivity contribution in [1.82, 2.24) is 0 Å². The number of nitrogens with one attached hydrogen (secondary N) is 1. The number of halogens is 1. The lowest BCUT2D eigenvalue weighted by Gasteiger charge is -2.22. The summed E-state index contributed by atoms with van der Waals surface area (Å²) in [6.45, 7) is 1.94. The largest absolute Gasteiger partial charge is 0.478 e. The fourth-order valence-electron chi connectivity index (χ4n) is 2.45. The van der Waals surface area contributed by atoms with Crippen LogP contribution in [-0.2, 0) is 4.79 Å². The van der Waals surface area contributed by atoms with Crippen LogP contribution in [0.15, 0.2) is 18.2 Å². The Balaban J connectivity index is 2.19. The molecule has 1 aromatic carbocycles. The van der Waals surface area contributed by atoms with Gasteiger partial charge in [0.1, 0.15) is 0 Å². The molecule has 0 aliphatic heterocycles. The first-order valence-electron chi connectivity index (χ1n) is 6.26. The highest BCUT2D eigenvalue weighted by Gasteiger charge is 2.36. The molecule has 0 atom stereocenters. The Kier molecular flexibility index (Phi) is 3.80. The van der Waals surface area contributed by atoms with Crippen molar-refractivity contribution in [3.8, 4) is 0 Å². The molecular weight excluding hydrogens is 266 g/mol. The van der Waals surface area contributed by atoms with Crippen LogP contribution in [0.2, 0.25) is 5.02 Å². The summed E-state index contributed by atoms with van der Waals surface area (Å²) in [5.74, 6) is -1.13. The number of rotatable bonds is 3. The first kappa shape index (κ1) is 13.9. The zero-order valence-corrected chi connectivity index (χ0v) is 11.5. The Morgan fingerprint density at radius 1 is 1.26 bits per heavy atom. The number of benzene rings is 1. The van der Waals surface area contributed by atoms with Crippen LogP contribution in [-0.4, -0.2) is 17.0 Å². The van der Waals surface area contributed by atoms with Crippen LogP contribution in [0.4, 0.5) is 5.69 Å². The van der Waals surface area contributed by atoms with Crippen molar-refractivity contribution in [2.24, 2.45) is 5.41 Å². The zero-order valence-electron chi connectivity index (χ0n) is 10.7. The third-order valence-electron chi connectivity index (χ3n) is 3.66. The van der Waals surface area contributed by atoms with Gasteiger partial charge in [-0.05, 0) is 31.0 Å². The Labute approximate surface area is 116 Å². The van der Waals surface area contributed by atoms with E-state index in [-0.39, 0.29) is 16.9 Å². The van der Waals surface area contributed by atoms with E-state index < -0.39 is 5.97 Å². The predicted molar refractivity (Wildman–Crippen MR) is 73.6 cm³/mol. The van der Waals surface area contributed by atoms with Gasteiger partial charge in [0, 0.05) is 16.1 Å². The first-order chi connectivity index (χ1) is 8.90. The van der Waals surface area contributed by atoms with Gasteiger partial charge in [-0.2, -0.15) is 0 Å². The molecule has 0 heterocycles. The number of carbonyl (C=O) groups excluding carboxylic acids is 1. The molecule has 1 aliphatic rings. The summed E-state index contributed by atoms with van der Waals surface area (Å²) in [6.07, 6.45) is 3.84. The highest BCUT2D eigenvalue weighted by molar-refractivity contribution is 6.31. The van der Waals surface area contributed by atoms with Gasteiger partial charge in [0.25, 0.3) is 0 Å². The van der Waals surface area contributed by atoms with Gasteiger partial charge in [0.05, 0.1) is 5.56 Å². The average molecular weight is 282 g/mol. The highest BCUT2D eigenvalue weighted by atomic mass is 35.5. The standard InChI is InChI=1S/C14H16ClNO3/c1-14(4-2-3-5-14)13(19)16-11-7-9(12(17)18)6-10(15)8-11/h6-8H,2-5H2,1H3,(H,16,19)(H,17,18). The molecule has 1 aliphatic carbocycles. The van der Waals surface area contributed by atoms with Crippen molar-refractivity contribution in [3.63, 3.8) is 0 Å². The van der Waals surface area contributed by atoms with Crippen molar-refractivity contribution in [1.29, 1.82) is 0 Å². The number of aromatic carboxylic acids is 1. The third kappa shape index (κ3) is 3.07. The summed E-state index contributed by atoms with van der Waals surface area (Å²) < 4.78 is 0. The van der Waals surface area contributed by atoms with E-state index in [9.17, 15) is 9.59 Å². The van der Waals surface area contributed by atoms with Gasteiger partial charge in [-0.3, -0.25) is 4.79 Å². The molecule has 5 heteroatoms. The number of hydrogen-bond acceptors (Lipinski definition) is 2. The van der Waals surface area contributed by atoms with Crippen LogP contribution in [0, 0.1) is 5.41 Å². The molecule has 0 radical (unpaired) electrons. The molecule has 19 heavy (non-hydrogen) atoms. The molecule has 2 N–H and O–H groups in total. The summed E-state index contributed by atoms with van der Waals surface area (Å²) in [5.41, 5.74) is 0.147. The number of carboxylic acids is 1. The summed E-state index contributed by atoms with van der Waals surface area (Å²) in [5, 5.41) is 12.0. The van der Waals surface area contributed by atoms with Gasteiger partial charge in [-0.25, -0.2) is 4.79 Å². The van der Waals surface area contributed by atoms with Crippen LogP contribution in [0.1, 0.15) is 43.0 Å². The molecule has 1 aromatic rings. The second-order valence-corrected chi connectivity index (χ2v) is 5.69. The highest BCUT2D eigenvalue weighted by Crippen LogP contribution is 2.38. The second kappa shape index (κ2) is 5.21. The van der Waals surface area contributed by atoms with E-state index >= 15 is 0 Å². The Morgan fingerprint density at radius 2 is 1.89 bits per heavy atom. The van der Waals surface area contributed by atoms with E-state index in [0.717, 1.165) is 25.7 Å². The molecule has 0 spiro atoms. The molecule has 0 unspecified atom stereocenters. The Hall–Kier alpha value is -1.55. The molecule has 1 amide bonds. The van der Waals surface area contributed by atoms with E-state index in [4.69, 9.17) is 16.7 Å². The molecule has 4 nitrogen and oxygen atoms in total. The second-order valence-electron chi connectivity index (χ2n) is 5.26. The summed E-state index contributed by atoms with van der Waals surface area (Å²) in [4.78, 5) is 23.2. The molecule has 0 saturated heterocycles. The van der Waals surface area contributed by atoms with Gasteiger partial charge in [0.15, 0.2) is 0 Å². The van der Waals surface area contributed by atoms with Gasteiger partial charge in [0.2, 0.25) is 5.91 Å². The van der Waals surface area contributed by atoms with E-state index in [2.05, 4.69) is 5.32 Å². The van der Waals surface area contributed by atoms with Gasteiger partial charge in [-0.1, -0.05) is 31.4 Å². The number of carbonyl (C=O) groups is 2. The SMILES string of the molecule is CC1(C(=O)Nc2cc(Cl)cc(C(=O)O)c2)CCCC1. The lowest BCUT2D eigenvalue weighted by Crippen LogP contribution is -2.30. The number of hydrogen-bond donors (Lipinski definition) is 2. The average Bonchev–Trinajstić information content (AvgIpc) is 2.76. The van der Waals surface area contributed by atoms with E-state index in [1.165, 1.54) is 12.1 Å². The van der Waals surface area contributed by atoms with Crippen molar-refractivity contribution in [2.75, 3.05) is 5.32 Å². The minimum absolute atomic E-state index is 0.0661. The van der Waals surface area contributed by atoms with Crippen LogP contribution in [0.3, 0.4) is 0 Å². The number of carboxylic acid groups (broad SMARTS) is 1. The van der Waals surface area contributed by atoms with Crippen molar-refractivity contribution < 1.29 is 14.7 Å². The van der Waals surface area contributed by atoms with Gasteiger partial charge in [-0.15, -0.1) is 0 Å².